The molecule has 26 heteroatoms. The van der Waals surface area contributed by atoms with Gasteiger partial charge in [-0.3, -0.25) is 38.4 Å². The molecule has 26 nitrogen and oxygen atoms in total. The summed E-state index contributed by atoms with van der Waals surface area (Å²) >= 11 is 0. The number of carbonyl (C=O) groups excluding carboxylic acids is 8. The van der Waals surface area contributed by atoms with Crippen molar-refractivity contribution in [3.05, 3.63) is 78.2 Å². The number of nitrogens with zero attached hydrogens (tertiary/aromatic N) is 9. The van der Waals surface area contributed by atoms with Crippen molar-refractivity contribution in [2.75, 3.05) is 81.2 Å². The van der Waals surface area contributed by atoms with E-state index in [-0.39, 0.29) is 91.0 Å². The summed E-state index contributed by atoms with van der Waals surface area (Å²) in [6.07, 6.45) is 10.9. The van der Waals surface area contributed by atoms with Crippen LogP contribution in [0.5, 0.6) is 0 Å². The molecule has 0 spiro atoms. The van der Waals surface area contributed by atoms with E-state index in [9.17, 15) is 38.4 Å². The molecule has 70 heavy (non-hydrogen) atoms. The molecule has 0 atom stereocenters. The van der Waals surface area contributed by atoms with Crippen LogP contribution in [0.3, 0.4) is 0 Å². The van der Waals surface area contributed by atoms with Crippen LogP contribution in [0.2, 0.25) is 0 Å². The highest BCUT2D eigenvalue weighted by molar-refractivity contribution is 6.04. The standard InChI is InChI=1S/C44H62N18O8/c1-45-13-8-19-57(2)20-9-14-46-34(63)10-15-50-42(68)38-55-32(26-61(38)6)53-35(64)11-16-49-41(67)31-23-29(25-60(31)5)52-44(70)39-56-33(27-62(39)7)54-36(65)12-17-48-40(66)30-22-28(24-59(30)4)51-43(69)37-47-18-21-58(37)3/h18,21-27,45H,8-17,19-20H2,1-7H3,(H,46,63)(H,48,66)(H,49,67)(H,50,68)(H,51,69)(H,52,70)(H,53,64)(H,54,65). The van der Waals surface area contributed by atoms with Crippen molar-refractivity contribution < 1.29 is 38.4 Å². The van der Waals surface area contributed by atoms with E-state index in [2.05, 4.69) is 67.7 Å². The Balaban J connectivity index is 0.985. The molecule has 5 rings (SSSR count). The SMILES string of the molecule is CNCCCN(C)CCCNC(=O)CCNC(=O)c1nc(NC(=O)CCNC(=O)c2cc(NC(=O)c3nc(NC(=O)CCNC(=O)c4cc(NC(=O)c5nccn5C)cn4C)cn3C)cn2C)cn1C. The lowest BCUT2D eigenvalue weighted by atomic mass is 10.3. The molecular formula is C44H62N18O8. The van der Waals surface area contributed by atoms with Gasteiger partial charge in [0, 0.05) is 118 Å². The summed E-state index contributed by atoms with van der Waals surface area (Å²) in [6.45, 7) is 3.38. The third-order valence-electron chi connectivity index (χ3n) is 10.6. The van der Waals surface area contributed by atoms with Gasteiger partial charge in [-0.15, -0.1) is 0 Å². The number of amides is 8. The Morgan fingerprint density at radius 3 is 1.44 bits per heavy atom. The van der Waals surface area contributed by atoms with Crippen LogP contribution in [0.25, 0.3) is 0 Å². The Hall–Kier alpha value is -8.13. The Bertz CT molecular complexity index is 2670. The molecule has 0 aromatic carbocycles. The van der Waals surface area contributed by atoms with Gasteiger partial charge < -0.3 is 75.6 Å². The average molecular weight is 971 g/mol. The van der Waals surface area contributed by atoms with Gasteiger partial charge in [-0.25, -0.2) is 15.0 Å². The van der Waals surface area contributed by atoms with Gasteiger partial charge in [0.1, 0.15) is 11.4 Å². The van der Waals surface area contributed by atoms with Gasteiger partial charge >= 0.3 is 0 Å². The first kappa shape index (κ1) is 52.8. The molecule has 0 aliphatic carbocycles. The maximum Gasteiger partial charge on any atom is 0.291 e. The second-order valence-electron chi connectivity index (χ2n) is 16.4. The van der Waals surface area contributed by atoms with E-state index >= 15 is 0 Å². The fourth-order valence-corrected chi connectivity index (χ4v) is 6.99. The van der Waals surface area contributed by atoms with Gasteiger partial charge in [0.2, 0.25) is 29.4 Å². The van der Waals surface area contributed by atoms with E-state index in [0.717, 1.165) is 32.5 Å². The van der Waals surface area contributed by atoms with Gasteiger partial charge in [0.05, 0.1) is 11.4 Å². The van der Waals surface area contributed by atoms with Gasteiger partial charge in [0.15, 0.2) is 17.5 Å². The zero-order chi connectivity index (χ0) is 50.9. The van der Waals surface area contributed by atoms with E-state index in [1.165, 1.54) is 55.2 Å². The first-order valence-electron chi connectivity index (χ1n) is 22.5. The normalized spacial score (nSPS) is 11.0. The van der Waals surface area contributed by atoms with Gasteiger partial charge in [-0.1, -0.05) is 0 Å². The maximum atomic E-state index is 13.2. The monoisotopic (exact) mass is 970 g/mol. The molecule has 8 amide bonds. The molecule has 0 aliphatic heterocycles. The van der Waals surface area contributed by atoms with Crippen LogP contribution in [0.1, 0.15) is 84.9 Å². The van der Waals surface area contributed by atoms with Crippen molar-refractivity contribution in [1.82, 2.24) is 69.3 Å². The zero-order valence-electron chi connectivity index (χ0n) is 40.4. The number of hydrogen-bond donors (Lipinski definition) is 9. The first-order valence-corrected chi connectivity index (χ1v) is 22.5. The molecular weight excluding hydrogens is 909 g/mol. The second-order valence-corrected chi connectivity index (χ2v) is 16.4. The van der Waals surface area contributed by atoms with E-state index in [4.69, 9.17) is 0 Å². The molecule has 0 saturated heterocycles. The van der Waals surface area contributed by atoms with Gasteiger partial charge in [0.25, 0.3) is 29.5 Å². The van der Waals surface area contributed by atoms with Gasteiger partial charge in [-0.2, -0.15) is 0 Å². The van der Waals surface area contributed by atoms with Crippen molar-refractivity contribution in [2.24, 2.45) is 35.2 Å². The van der Waals surface area contributed by atoms with Crippen molar-refractivity contribution in [2.45, 2.75) is 32.1 Å². The van der Waals surface area contributed by atoms with Crippen LogP contribution >= 0.6 is 0 Å². The summed E-state index contributed by atoms with van der Waals surface area (Å²) in [5, 5.41) is 24.6. The minimum Gasteiger partial charge on any atom is -0.356 e. The molecule has 0 saturated carbocycles. The third-order valence-corrected chi connectivity index (χ3v) is 10.6. The van der Waals surface area contributed by atoms with Crippen LogP contribution < -0.4 is 47.9 Å². The lowest BCUT2D eigenvalue weighted by Crippen LogP contribution is -2.33. The van der Waals surface area contributed by atoms with Crippen LogP contribution in [-0.4, -0.2) is 150 Å². The van der Waals surface area contributed by atoms with Crippen LogP contribution in [0, 0.1) is 0 Å². The van der Waals surface area contributed by atoms with E-state index < -0.39 is 41.4 Å². The number of carbonyl (C=O) groups is 8. The molecule has 9 N–H and O–H groups in total. The van der Waals surface area contributed by atoms with Crippen LogP contribution in [-0.2, 0) is 49.6 Å². The Kier molecular flexibility index (Phi) is 19.1. The molecule has 5 aromatic rings. The number of anilines is 4. The Morgan fingerprint density at radius 1 is 0.500 bits per heavy atom. The fourth-order valence-electron chi connectivity index (χ4n) is 6.99. The molecule has 0 fully saturated rings. The summed E-state index contributed by atoms with van der Waals surface area (Å²) in [7, 11) is 12.1. The number of aromatic nitrogens is 8. The fraction of sp³-hybridized carbons (Fsp3) is 0.432. The zero-order valence-corrected chi connectivity index (χ0v) is 40.4. The summed E-state index contributed by atoms with van der Waals surface area (Å²) in [5.41, 5.74) is 1.11. The van der Waals surface area contributed by atoms with E-state index in [1.807, 2.05) is 14.1 Å². The predicted octanol–water partition coefficient (Wildman–Crippen LogP) is -0.247. The smallest absolute Gasteiger partial charge is 0.291 e. The van der Waals surface area contributed by atoms with Gasteiger partial charge in [-0.05, 0) is 58.7 Å². The lowest BCUT2D eigenvalue weighted by Gasteiger charge is -2.16. The molecule has 0 unspecified atom stereocenters. The Labute approximate surface area is 403 Å². The average Bonchev–Trinajstić information content (AvgIpc) is 4.14. The van der Waals surface area contributed by atoms with Crippen molar-refractivity contribution in [3.8, 4) is 0 Å². The number of hydrogen-bond acceptors (Lipinski definition) is 13. The van der Waals surface area contributed by atoms with Crippen LogP contribution in [0.15, 0.2) is 49.3 Å². The quantitative estimate of drug-likeness (QED) is 0.0324. The molecule has 0 bridgehead atoms. The summed E-state index contributed by atoms with van der Waals surface area (Å²) in [5.74, 6) is -3.24. The van der Waals surface area contributed by atoms with Crippen molar-refractivity contribution >= 4 is 70.3 Å². The minimum atomic E-state index is -0.624. The summed E-state index contributed by atoms with van der Waals surface area (Å²) < 4.78 is 7.45. The summed E-state index contributed by atoms with van der Waals surface area (Å²) in [6, 6.07) is 2.95. The van der Waals surface area contributed by atoms with E-state index in [1.54, 1.807) is 52.2 Å². The maximum absolute atomic E-state index is 13.2. The number of imidazole rings is 3. The van der Waals surface area contributed by atoms with Crippen molar-refractivity contribution in [3.63, 3.8) is 0 Å². The summed E-state index contributed by atoms with van der Waals surface area (Å²) in [4.78, 5) is 117. The second kappa shape index (κ2) is 25.3. The largest absolute Gasteiger partial charge is 0.356 e. The topological polar surface area (TPSA) is 311 Å². The molecule has 0 aliphatic rings. The molecule has 5 aromatic heterocycles. The number of rotatable bonds is 26. The number of aryl methyl sites for hydroxylation is 5. The van der Waals surface area contributed by atoms with Crippen molar-refractivity contribution in [1.29, 1.82) is 0 Å². The number of nitrogens with one attached hydrogen (secondary N) is 9. The third kappa shape index (κ3) is 15.5. The predicted molar refractivity (Wildman–Crippen MR) is 258 cm³/mol. The lowest BCUT2D eigenvalue weighted by molar-refractivity contribution is -0.121. The van der Waals surface area contributed by atoms with E-state index in [0.29, 0.717) is 12.2 Å². The Morgan fingerprint density at radius 2 is 0.957 bits per heavy atom. The molecule has 0 radical (unpaired) electrons. The highest BCUT2D eigenvalue weighted by Gasteiger charge is 2.21. The molecule has 5 heterocycles. The molecule has 376 valence electrons. The minimum absolute atomic E-state index is 0.0160. The first-order chi connectivity index (χ1) is 33.4. The highest BCUT2D eigenvalue weighted by Crippen LogP contribution is 2.17. The van der Waals surface area contributed by atoms with Crippen LogP contribution in [0.4, 0.5) is 23.0 Å². The highest BCUT2D eigenvalue weighted by atomic mass is 16.2.